The quantitative estimate of drug-likeness (QED) is 0.806. The molecule has 0 amide bonds. The predicted molar refractivity (Wildman–Crippen MR) is 72.2 cm³/mol. The molecule has 2 unspecified atom stereocenters. The van der Waals surface area contributed by atoms with Crippen molar-refractivity contribution in [3.05, 3.63) is 17.8 Å². The maximum Gasteiger partial charge on any atom is 0.356 e. The van der Waals surface area contributed by atoms with Gasteiger partial charge >= 0.3 is 5.97 Å². The third-order valence-electron chi connectivity index (χ3n) is 3.18. The number of carbonyl (C=O) groups is 1. The van der Waals surface area contributed by atoms with Gasteiger partial charge in [-0.05, 0) is 26.0 Å². The van der Waals surface area contributed by atoms with E-state index in [4.69, 9.17) is 10.5 Å². The highest BCUT2D eigenvalue weighted by Crippen LogP contribution is 2.26. The molecule has 2 heterocycles. The van der Waals surface area contributed by atoms with Crippen LogP contribution in [0.5, 0.6) is 0 Å². The summed E-state index contributed by atoms with van der Waals surface area (Å²) in [6, 6.07) is 3.42. The van der Waals surface area contributed by atoms with Gasteiger partial charge in [0.15, 0.2) is 11.5 Å². The Kier molecular flexibility index (Phi) is 3.90. The first-order valence-corrected chi connectivity index (χ1v) is 6.26. The largest absolute Gasteiger partial charge is 0.464 e. The molecule has 0 radical (unpaired) electrons. The van der Waals surface area contributed by atoms with E-state index in [2.05, 4.69) is 14.6 Å². The summed E-state index contributed by atoms with van der Waals surface area (Å²) in [5.74, 6) is 0.153. The van der Waals surface area contributed by atoms with Crippen LogP contribution < -0.4 is 10.6 Å². The number of hydrogen-bond donors (Lipinski definition) is 1. The second-order valence-electron chi connectivity index (χ2n) is 4.75. The molecule has 104 valence electrons. The fraction of sp³-hybridized carbons (Fsp3) is 0.538. The highest BCUT2D eigenvalue weighted by atomic mass is 16.5. The number of hydrogen-bond acceptors (Lipinski definition) is 6. The number of nitrogens with two attached hydrogens (primary N) is 1. The van der Waals surface area contributed by atoms with Crippen LogP contribution in [-0.2, 0) is 9.47 Å². The van der Waals surface area contributed by atoms with E-state index >= 15 is 0 Å². The lowest BCUT2D eigenvalue weighted by Gasteiger charge is -2.38. The number of anilines is 2. The van der Waals surface area contributed by atoms with Crippen LogP contribution in [0, 0.1) is 0 Å². The number of pyridine rings is 1. The Hall–Kier alpha value is -1.82. The van der Waals surface area contributed by atoms with E-state index in [1.807, 2.05) is 13.8 Å². The Morgan fingerprint density at radius 1 is 1.53 bits per heavy atom. The van der Waals surface area contributed by atoms with Crippen LogP contribution in [0.2, 0.25) is 0 Å². The van der Waals surface area contributed by atoms with Gasteiger partial charge in [0.2, 0.25) is 0 Å². The number of methoxy groups -OCH3 is 1. The monoisotopic (exact) mass is 265 g/mol. The number of morpholine rings is 1. The van der Waals surface area contributed by atoms with E-state index in [1.165, 1.54) is 7.11 Å². The zero-order chi connectivity index (χ0) is 14.0. The van der Waals surface area contributed by atoms with Gasteiger partial charge in [0.1, 0.15) is 0 Å². The van der Waals surface area contributed by atoms with Gasteiger partial charge in [0, 0.05) is 6.54 Å². The standard InChI is InChI=1S/C13H19N3O3/c1-8-7-19-9(2)6-16(8)12-10(14)4-5-11(15-12)13(17)18-3/h4-5,8-9H,6-7,14H2,1-3H3. The van der Waals surface area contributed by atoms with E-state index in [-0.39, 0.29) is 17.8 Å². The van der Waals surface area contributed by atoms with Crippen LogP contribution in [0.1, 0.15) is 24.3 Å². The second-order valence-corrected chi connectivity index (χ2v) is 4.75. The maximum absolute atomic E-state index is 11.5. The van der Waals surface area contributed by atoms with E-state index in [0.29, 0.717) is 24.7 Å². The van der Waals surface area contributed by atoms with Crippen molar-refractivity contribution in [3.8, 4) is 0 Å². The van der Waals surface area contributed by atoms with Gasteiger partial charge in [0.25, 0.3) is 0 Å². The molecule has 1 fully saturated rings. The van der Waals surface area contributed by atoms with Crippen LogP contribution in [-0.4, -0.2) is 43.4 Å². The molecule has 0 aliphatic carbocycles. The normalized spacial score (nSPS) is 23.2. The molecule has 6 nitrogen and oxygen atoms in total. The zero-order valence-corrected chi connectivity index (χ0v) is 11.4. The average molecular weight is 265 g/mol. The topological polar surface area (TPSA) is 77.7 Å². The van der Waals surface area contributed by atoms with E-state index in [9.17, 15) is 4.79 Å². The van der Waals surface area contributed by atoms with E-state index in [0.717, 1.165) is 0 Å². The number of carbonyl (C=O) groups excluding carboxylic acids is 1. The summed E-state index contributed by atoms with van der Waals surface area (Å²) in [5, 5.41) is 0. The first-order valence-electron chi connectivity index (χ1n) is 6.26. The minimum Gasteiger partial charge on any atom is -0.464 e. The third kappa shape index (κ3) is 2.78. The van der Waals surface area contributed by atoms with Crippen LogP contribution in [0.15, 0.2) is 12.1 Å². The SMILES string of the molecule is COC(=O)c1ccc(N)c(N2CC(C)OCC2C)n1. The van der Waals surface area contributed by atoms with Crippen molar-refractivity contribution in [1.82, 2.24) is 4.98 Å². The van der Waals surface area contributed by atoms with Crippen molar-refractivity contribution in [2.75, 3.05) is 30.9 Å². The van der Waals surface area contributed by atoms with Gasteiger partial charge in [-0.3, -0.25) is 0 Å². The molecule has 0 bridgehead atoms. The van der Waals surface area contributed by atoms with Crippen LogP contribution in [0.4, 0.5) is 11.5 Å². The van der Waals surface area contributed by atoms with E-state index < -0.39 is 5.97 Å². The summed E-state index contributed by atoms with van der Waals surface area (Å²) in [4.78, 5) is 17.9. The Morgan fingerprint density at radius 2 is 2.26 bits per heavy atom. The summed E-state index contributed by atoms with van der Waals surface area (Å²) in [6.07, 6.45) is 0.110. The third-order valence-corrected chi connectivity index (χ3v) is 3.18. The molecule has 6 heteroatoms. The predicted octanol–water partition coefficient (Wildman–Crippen LogP) is 1.06. The number of ether oxygens (including phenoxy) is 2. The number of rotatable bonds is 2. The number of nitrogens with zero attached hydrogens (tertiary/aromatic N) is 2. The van der Waals surface area contributed by atoms with Gasteiger partial charge in [-0.25, -0.2) is 9.78 Å². The highest BCUT2D eigenvalue weighted by molar-refractivity contribution is 5.88. The molecule has 0 spiro atoms. The first-order chi connectivity index (χ1) is 9.02. The molecule has 1 saturated heterocycles. The van der Waals surface area contributed by atoms with Gasteiger partial charge < -0.3 is 20.1 Å². The minimum atomic E-state index is -0.463. The average Bonchev–Trinajstić information content (AvgIpc) is 2.41. The maximum atomic E-state index is 11.5. The summed E-state index contributed by atoms with van der Waals surface area (Å²) in [5.41, 5.74) is 6.78. The van der Waals surface area contributed by atoms with Gasteiger partial charge in [0.05, 0.1) is 31.5 Å². The summed E-state index contributed by atoms with van der Waals surface area (Å²) in [6.45, 7) is 5.35. The molecular weight excluding hydrogens is 246 g/mol. The van der Waals surface area contributed by atoms with Crippen molar-refractivity contribution in [2.45, 2.75) is 26.0 Å². The van der Waals surface area contributed by atoms with Crippen molar-refractivity contribution in [2.24, 2.45) is 0 Å². The van der Waals surface area contributed by atoms with Crippen molar-refractivity contribution >= 4 is 17.5 Å². The fourth-order valence-corrected chi connectivity index (χ4v) is 2.11. The van der Waals surface area contributed by atoms with Gasteiger partial charge in [-0.1, -0.05) is 0 Å². The first kappa shape index (κ1) is 13.6. The summed E-state index contributed by atoms with van der Waals surface area (Å²) < 4.78 is 10.3. The van der Waals surface area contributed by atoms with Gasteiger partial charge in [-0.2, -0.15) is 0 Å². The molecule has 0 saturated carbocycles. The zero-order valence-electron chi connectivity index (χ0n) is 11.4. The molecule has 2 atom stereocenters. The smallest absolute Gasteiger partial charge is 0.356 e. The molecule has 19 heavy (non-hydrogen) atoms. The lowest BCUT2D eigenvalue weighted by Crippen LogP contribution is -2.48. The fourth-order valence-electron chi connectivity index (χ4n) is 2.11. The highest BCUT2D eigenvalue weighted by Gasteiger charge is 2.26. The molecule has 1 aromatic heterocycles. The second kappa shape index (κ2) is 5.44. The molecule has 2 N–H and O–H groups in total. The van der Waals surface area contributed by atoms with Crippen LogP contribution in [0.3, 0.4) is 0 Å². The molecule has 1 aromatic rings. The number of esters is 1. The molecular formula is C13H19N3O3. The van der Waals surface area contributed by atoms with Crippen molar-refractivity contribution < 1.29 is 14.3 Å². The number of aromatic nitrogens is 1. The lowest BCUT2D eigenvalue weighted by atomic mass is 10.2. The van der Waals surface area contributed by atoms with Crippen molar-refractivity contribution in [1.29, 1.82) is 0 Å². The van der Waals surface area contributed by atoms with E-state index in [1.54, 1.807) is 12.1 Å². The Morgan fingerprint density at radius 3 is 2.95 bits per heavy atom. The van der Waals surface area contributed by atoms with Crippen LogP contribution >= 0.6 is 0 Å². The van der Waals surface area contributed by atoms with Gasteiger partial charge in [-0.15, -0.1) is 0 Å². The van der Waals surface area contributed by atoms with Crippen LogP contribution in [0.25, 0.3) is 0 Å². The minimum absolute atomic E-state index is 0.110. The molecule has 1 aliphatic rings. The Labute approximate surface area is 112 Å². The Balaban J connectivity index is 2.34. The van der Waals surface area contributed by atoms with Crippen molar-refractivity contribution in [3.63, 3.8) is 0 Å². The molecule has 0 aromatic carbocycles. The summed E-state index contributed by atoms with van der Waals surface area (Å²) in [7, 11) is 1.33. The Bertz CT molecular complexity index is 478. The molecule has 1 aliphatic heterocycles. The number of nitrogen functional groups attached to an aromatic ring is 1. The summed E-state index contributed by atoms with van der Waals surface area (Å²) >= 11 is 0. The lowest BCUT2D eigenvalue weighted by molar-refractivity contribution is 0.0341. The molecule has 2 rings (SSSR count).